The topological polar surface area (TPSA) is 54.6 Å². The fraction of sp³-hybridized carbons (Fsp3) is 0.591. The number of carbonyl (C=O) groups is 1. The smallest absolute Gasteiger partial charge is 0.422 e. The minimum absolute atomic E-state index is 0.182. The van der Waals surface area contributed by atoms with Crippen LogP contribution in [0.4, 0.5) is 13.2 Å². The Morgan fingerprint density at radius 1 is 1.30 bits per heavy atom. The van der Waals surface area contributed by atoms with E-state index in [9.17, 15) is 18.0 Å². The van der Waals surface area contributed by atoms with Crippen LogP contribution < -0.4 is 4.74 Å². The number of aryl methyl sites for hydroxylation is 1. The number of carbonyl (C=O) groups excluding carboxylic acids is 1. The Hall–Kier alpha value is -2.22. The molecule has 30 heavy (non-hydrogen) atoms. The summed E-state index contributed by atoms with van der Waals surface area (Å²) < 4.78 is 49.0. The quantitative estimate of drug-likeness (QED) is 0.712. The number of aromatic amines is 1. The predicted octanol–water partition coefficient (Wildman–Crippen LogP) is 4.72. The van der Waals surface area contributed by atoms with Gasteiger partial charge in [0.1, 0.15) is 5.75 Å². The minimum Gasteiger partial charge on any atom is -0.472 e. The highest BCUT2D eigenvalue weighted by atomic mass is 19.4. The number of alkyl halides is 3. The monoisotopic (exact) mass is 422 g/mol. The van der Waals surface area contributed by atoms with Crippen molar-refractivity contribution in [2.75, 3.05) is 19.7 Å². The SMILES string of the molecule is Cc1[nH]c2ccc3c(c2c1C(=O)OCC(F)(F)F)CC1CCCN2CCCCC12O3. The molecule has 2 saturated heterocycles. The molecule has 2 fully saturated rings. The average Bonchev–Trinajstić information content (AvgIpc) is 3.05. The van der Waals surface area contributed by atoms with E-state index in [1.54, 1.807) is 6.92 Å². The number of hydrogen-bond acceptors (Lipinski definition) is 4. The first-order chi connectivity index (χ1) is 14.3. The van der Waals surface area contributed by atoms with E-state index in [2.05, 4.69) is 14.6 Å². The molecule has 5 rings (SSSR count). The van der Waals surface area contributed by atoms with E-state index in [4.69, 9.17) is 4.74 Å². The number of ether oxygens (including phenoxy) is 2. The summed E-state index contributed by atoms with van der Waals surface area (Å²) in [6.45, 7) is 2.16. The van der Waals surface area contributed by atoms with Crippen LogP contribution >= 0.6 is 0 Å². The van der Waals surface area contributed by atoms with Crippen molar-refractivity contribution >= 4 is 16.9 Å². The zero-order valence-electron chi connectivity index (χ0n) is 16.9. The lowest BCUT2D eigenvalue weighted by Crippen LogP contribution is -2.64. The van der Waals surface area contributed by atoms with E-state index < -0.39 is 18.8 Å². The number of nitrogens with one attached hydrogen (secondary N) is 1. The third-order valence-electron chi connectivity index (χ3n) is 6.89. The van der Waals surface area contributed by atoms with Crippen molar-refractivity contribution in [3.63, 3.8) is 0 Å². The van der Waals surface area contributed by atoms with Crippen molar-refractivity contribution < 1.29 is 27.4 Å². The zero-order chi connectivity index (χ0) is 21.1. The van der Waals surface area contributed by atoms with Gasteiger partial charge in [-0.25, -0.2) is 4.79 Å². The number of piperidine rings is 2. The number of fused-ring (bicyclic) bond motifs is 3. The number of nitrogens with zero attached hydrogens (tertiary/aromatic N) is 1. The number of halogens is 3. The minimum atomic E-state index is -4.56. The summed E-state index contributed by atoms with van der Waals surface area (Å²) in [4.78, 5) is 18.2. The first-order valence-corrected chi connectivity index (χ1v) is 10.6. The van der Waals surface area contributed by atoms with Gasteiger partial charge in [0.05, 0.1) is 5.56 Å². The molecule has 0 radical (unpaired) electrons. The molecule has 2 atom stereocenters. The summed E-state index contributed by atoms with van der Waals surface area (Å²) in [6.07, 6.45) is 1.63. The number of rotatable bonds is 2. The van der Waals surface area contributed by atoms with Crippen LogP contribution in [0.2, 0.25) is 0 Å². The van der Waals surface area contributed by atoms with Crippen LogP contribution in [-0.4, -0.2) is 47.5 Å². The van der Waals surface area contributed by atoms with Crippen LogP contribution in [0.15, 0.2) is 12.1 Å². The average molecular weight is 422 g/mol. The molecular formula is C22H25F3N2O3. The molecule has 0 bridgehead atoms. The Morgan fingerprint density at radius 3 is 2.90 bits per heavy atom. The largest absolute Gasteiger partial charge is 0.472 e. The van der Waals surface area contributed by atoms with E-state index in [0.29, 0.717) is 17.0 Å². The standard InChI is InChI=1S/C22H25F3N2O3/c1-13-18(20(28)29-12-22(23,24)25)19-15-11-14-5-4-10-27-9-3-2-8-21(14,27)30-17(15)7-6-16(19)26-13/h6-7,14,26H,2-5,8-12H2,1H3. The number of esters is 1. The maximum Gasteiger partial charge on any atom is 0.422 e. The highest BCUT2D eigenvalue weighted by molar-refractivity contribution is 6.07. The third kappa shape index (κ3) is 3.07. The lowest BCUT2D eigenvalue weighted by Gasteiger charge is -2.56. The highest BCUT2D eigenvalue weighted by Gasteiger charge is 2.52. The fourth-order valence-corrected chi connectivity index (χ4v) is 5.69. The van der Waals surface area contributed by atoms with Crippen molar-refractivity contribution in [1.82, 2.24) is 9.88 Å². The van der Waals surface area contributed by atoms with Gasteiger partial charge >= 0.3 is 12.1 Å². The van der Waals surface area contributed by atoms with Gasteiger partial charge in [-0.15, -0.1) is 0 Å². The van der Waals surface area contributed by atoms with Crippen LogP contribution in [-0.2, 0) is 11.2 Å². The molecule has 3 aliphatic rings. The summed E-state index contributed by atoms with van der Waals surface area (Å²) in [5, 5.41) is 0.639. The number of benzene rings is 1. The van der Waals surface area contributed by atoms with Crippen LogP contribution in [0, 0.1) is 12.8 Å². The van der Waals surface area contributed by atoms with E-state index in [0.717, 1.165) is 62.0 Å². The molecule has 162 valence electrons. The van der Waals surface area contributed by atoms with Crippen LogP contribution in [0.5, 0.6) is 5.75 Å². The molecule has 1 N–H and O–H groups in total. The molecule has 5 nitrogen and oxygen atoms in total. The molecule has 8 heteroatoms. The van der Waals surface area contributed by atoms with Gasteiger partial charge in [-0.05, 0) is 51.2 Å². The third-order valence-corrected chi connectivity index (χ3v) is 6.89. The molecule has 1 aromatic heterocycles. The molecular weight excluding hydrogens is 397 g/mol. The molecule has 4 heterocycles. The van der Waals surface area contributed by atoms with Crippen LogP contribution in [0.25, 0.3) is 10.9 Å². The van der Waals surface area contributed by atoms with Crippen molar-refractivity contribution in [2.24, 2.45) is 5.92 Å². The molecule has 1 spiro atoms. The molecule has 1 aromatic carbocycles. The van der Waals surface area contributed by atoms with Gasteiger partial charge in [0.15, 0.2) is 12.3 Å². The molecule has 3 aliphatic heterocycles. The summed E-state index contributed by atoms with van der Waals surface area (Å²) in [6, 6.07) is 3.76. The van der Waals surface area contributed by atoms with Gasteiger partial charge in [-0.2, -0.15) is 13.2 Å². The van der Waals surface area contributed by atoms with Crippen molar-refractivity contribution in [3.05, 3.63) is 29.0 Å². The van der Waals surface area contributed by atoms with Gasteiger partial charge in [0.2, 0.25) is 0 Å². The normalized spacial score (nSPS) is 26.5. The second-order valence-electron chi connectivity index (χ2n) is 8.72. The molecule has 0 amide bonds. The second-order valence-corrected chi connectivity index (χ2v) is 8.72. The molecule has 2 aromatic rings. The van der Waals surface area contributed by atoms with E-state index in [1.165, 1.54) is 6.42 Å². The first-order valence-electron chi connectivity index (χ1n) is 10.6. The summed E-state index contributed by atoms with van der Waals surface area (Å²) in [7, 11) is 0. The van der Waals surface area contributed by atoms with Crippen molar-refractivity contribution in [3.8, 4) is 5.75 Å². The maximum absolute atomic E-state index is 12.6. The highest BCUT2D eigenvalue weighted by Crippen LogP contribution is 2.50. The Labute approximate surface area is 172 Å². The summed E-state index contributed by atoms with van der Waals surface area (Å²) >= 11 is 0. The Bertz CT molecular complexity index is 998. The van der Waals surface area contributed by atoms with Gasteiger partial charge in [-0.3, -0.25) is 4.90 Å². The maximum atomic E-state index is 12.6. The van der Waals surface area contributed by atoms with Crippen molar-refractivity contribution in [2.45, 2.75) is 57.3 Å². The molecule has 0 saturated carbocycles. The van der Waals surface area contributed by atoms with Gasteiger partial charge in [0.25, 0.3) is 0 Å². The molecule has 2 unspecified atom stereocenters. The number of hydrogen-bond donors (Lipinski definition) is 1. The fourth-order valence-electron chi connectivity index (χ4n) is 5.69. The number of aromatic nitrogens is 1. The van der Waals surface area contributed by atoms with E-state index >= 15 is 0 Å². The van der Waals surface area contributed by atoms with Crippen LogP contribution in [0.3, 0.4) is 0 Å². The lowest BCUT2D eigenvalue weighted by molar-refractivity contribution is -0.177. The van der Waals surface area contributed by atoms with Gasteiger partial charge in [-0.1, -0.05) is 0 Å². The second kappa shape index (κ2) is 6.90. The Balaban J connectivity index is 1.57. The lowest BCUT2D eigenvalue weighted by atomic mass is 9.74. The van der Waals surface area contributed by atoms with Crippen molar-refractivity contribution in [1.29, 1.82) is 0 Å². The Morgan fingerprint density at radius 2 is 2.10 bits per heavy atom. The van der Waals surface area contributed by atoms with E-state index in [-0.39, 0.29) is 11.3 Å². The summed E-state index contributed by atoms with van der Waals surface area (Å²) in [5.74, 6) is 0.0861. The zero-order valence-corrected chi connectivity index (χ0v) is 16.9. The number of H-pyrrole nitrogens is 1. The Kier molecular flexibility index (Phi) is 4.54. The van der Waals surface area contributed by atoms with E-state index in [1.807, 2.05) is 12.1 Å². The van der Waals surface area contributed by atoms with Gasteiger partial charge in [0, 0.05) is 47.6 Å². The summed E-state index contributed by atoms with van der Waals surface area (Å²) in [5.41, 5.74) is 2.02. The molecule has 0 aliphatic carbocycles. The first kappa shape index (κ1) is 19.7. The van der Waals surface area contributed by atoms with Gasteiger partial charge < -0.3 is 14.5 Å². The van der Waals surface area contributed by atoms with Crippen LogP contribution in [0.1, 0.15) is 53.7 Å². The predicted molar refractivity (Wildman–Crippen MR) is 105 cm³/mol.